The molecule has 1 N–H and O–H groups in total. The minimum Gasteiger partial charge on any atom is -0.381 e. The number of imidazole rings is 1. The molecule has 3 rings (SSSR count). The van der Waals surface area contributed by atoms with Crippen LogP contribution in [0.15, 0.2) is 12.5 Å². The summed E-state index contributed by atoms with van der Waals surface area (Å²) in [6.45, 7) is 5.51. The second kappa shape index (κ2) is 4.35. The van der Waals surface area contributed by atoms with Crippen LogP contribution >= 0.6 is 0 Å². The predicted octanol–water partition coefficient (Wildman–Crippen LogP) is 2.12. The molecule has 0 amide bonds. The lowest BCUT2D eigenvalue weighted by atomic mass is 9.64. The van der Waals surface area contributed by atoms with E-state index in [1.807, 2.05) is 19.6 Å². The van der Waals surface area contributed by atoms with E-state index >= 15 is 0 Å². The number of rotatable bonds is 5. The Labute approximate surface area is 109 Å². The molecule has 0 spiro atoms. The van der Waals surface area contributed by atoms with Gasteiger partial charge in [0, 0.05) is 37.4 Å². The third-order valence-corrected chi connectivity index (χ3v) is 4.64. The SMILES string of the molecule is COC1CC(n2cncc2CNC2CC2)C1(C)C. The van der Waals surface area contributed by atoms with E-state index in [1.54, 1.807) is 0 Å². The highest BCUT2D eigenvalue weighted by Gasteiger charge is 2.49. The molecular formula is C14H23N3O. The van der Waals surface area contributed by atoms with E-state index < -0.39 is 0 Å². The van der Waals surface area contributed by atoms with Gasteiger partial charge in [0.05, 0.1) is 18.1 Å². The van der Waals surface area contributed by atoms with Crippen molar-refractivity contribution in [2.24, 2.45) is 5.41 Å². The maximum atomic E-state index is 5.53. The Morgan fingerprint density at radius 3 is 2.89 bits per heavy atom. The highest BCUT2D eigenvalue weighted by Crippen LogP contribution is 2.51. The summed E-state index contributed by atoms with van der Waals surface area (Å²) in [5, 5.41) is 3.56. The van der Waals surface area contributed by atoms with E-state index in [-0.39, 0.29) is 5.41 Å². The first-order chi connectivity index (χ1) is 8.63. The third kappa shape index (κ3) is 1.97. The number of methoxy groups -OCH3 is 1. The van der Waals surface area contributed by atoms with Crippen molar-refractivity contribution in [2.75, 3.05) is 7.11 Å². The van der Waals surface area contributed by atoms with Crippen molar-refractivity contribution >= 4 is 0 Å². The fourth-order valence-electron chi connectivity index (χ4n) is 3.02. The Kier molecular flexibility index (Phi) is 2.94. The molecule has 2 unspecified atom stereocenters. The van der Waals surface area contributed by atoms with Gasteiger partial charge in [-0.15, -0.1) is 0 Å². The molecule has 0 aromatic carbocycles. The van der Waals surface area contributed by atoms with Crippen LogP contribution in [-0.4, -0.2) is 28.8 Å². The standard InChI is InChI=1S/C14H23N3O/c1-14(2)12(6-13(14)18-3)17-9-15-7-11(17)8-16-10-4-5-10/h7,9-10,12-13,16H,4-6,8H2,1-3H3. The maximum absolute atomic E-state index is 5.53. The van der Waals surface area contributed by atoms with E-state index in [2.05, 4.69) is 28.7 Å². The fraction of sp³-hybridized carbons (Fsp3) is 0.786. The van der Waals surface area contributed by atoms with Gasteiger partial charge in [0.25, 0.3) is 0 Å². The molecule has 0 saturated heterocycles. The summed E-state index contributed by atoms with van der Waals surface area (Å²) >= 11 is 0. The van der Waals surface area contributed by atoms with Gasteiger partial charge in [-0.2, -0.15) is 0 Å². The topological polar surface area (TPSA) is 39.1 Å². The Morgan fingerprint density at radius 1 is 1.50 bits per heavy atom. The average molecular weight is 249 g/mol. The lowest BCUT2D eigenvalue weighted by molar-refractivity contribution is -0.113. The molecule has 2 aliphatic carbocycles. The van der Waals surface area contributed by atoms with E-state index in [1.165, 1.54) is 18.5 Å². The molecule has 0 bridgehead atoms. The van der Waals surface area contributed by atoms with Crippen molar-refractivity contribution in [1.29, 1.82) is 0 Å². The monoisotopic (exact) mass is 249 g/mol. The van der Waals surface area contributed by atoms with Crippen molar-refractivity contribution in [3.63, 3.8) is 0 Å². The molecule has 1 aromatic rings. The van der Waals surface area contributed by atoms with Crippen molar-refractivity contribution < 1.29 is 4.74 Å². The van der Waals surface area contributed by atoms with Gasteiger partial charge in [-0.05, 0) is 19.3 Å². The number of ether oxygens (including phenoxy) is 1. The first-order valence-electron chi connectivity index (χ1n) is 6.90. The summed E-state index contributed by atoms with van der Waals surface area (Å²) in [7, 11) is 1.81. The fourth-order valence-corrected chi connectivity index (χ4v) is 3.02. The van der Waals surface area contributed by atoms with Crippen LogP contribution in [0, 0.1) is 5.41 Å². The van der Waals surface area contributed by atoms with Crippen LogP contribution in [0.25, 0.3) is 0 Å². The predicted molar refractivity (Wildman–Crippen MR) is 70.3 cm³/mol. The van der Waals surface area contributed by atoms with Crippen molar-refractivity contribution in [2.45, 2.75) is 57.8 Å². The van der Waals surface area contributed by atoms with Gasteiger partial charge < -0.3 is 14.6 Å². The van der Waals surface area contributed by atoms with Gasteiger partial charge >= 0.3 is 0 Å². The van der Waals surface area contributed by atoms with Gasteiger partial charge in [0.15, 0.2) is 0 Å². The molecule has 1 heterocycles. The van der Waals surface area contributed by atoms with Gasteiger partial charge in [0.2, 0.25) is 0 Å². The number of hydrogen-bond acceptors (Lipinski definition) is 3. The largest absolute Gasteiger partial charge is 0.381 e. The van der Waals surface area contributed by atoms with Crippen molar-refractivity contribution in [3.05, 3.63) is 18.2 Å². The first-order valence-corrected chi connectivity index (χ1v) is 6.90. The zero-order valence-corrected chi connectivity index (χ0v) is 11.5. The molecule has 2 saturated carbocycles. The van der Waals surface area contributed by atoms with Crippen LogP contribution in [0.3, 0.4) is 0 Å². The van der Waals surface area contributed by atoms with Gasteiger partial charge in [-0.1, -0.05) is 13.8 Å². The second-order valence-corrected chi connectivity index (χ2v) is 6.24. The summed E-state index contributed by atoms with van der Waals surface area (Å²) in [4.78, 5) is 4.32. The lowest BCUT2D eigenvalue weighted by Gasteiger charge is -2.52. The zero-order chi connectivity index (χ0) is 12.8. The summed E-state index contributed by atoms with van der Waals surface area (Å²) < 4.78 is 7.87. The van der Waals surface area contributed by atoms with E-state index in [0.717, 1.165) is 19.0 Å². The first kappa shape index (κ1) is 12.2. The molecule has 1 aromatic heterocycles. The van der Waals surface area contributed by atoms with Gasteiger partial charge in [-0.3, -0.25) is 0 Å². The van der Waals surface area contributed by atoms with E-state index in [9.17, 15) is 0 Å². The summed E-state index contributed by atoms with van der Waals surface area (Å²) in [6.07, 6.45) is 8.09. The summed E-state index contributed by atoms with van der Waals surface area (Å²) in [6, 6.07) is 1.26. The third-order valence-electron chi connectivity index (χ3n) is 4.64. The average Bonchev–Trinajstić information content (AvgIpc) is 3.06. The molecule has 100 valence electrons. The highest BCUT2D eigenvalue weighted by molar-refractivity contribution is 5.09. The summed E-state index contributed by atoms with van der Waals surface area (Å²) in [5.74, 6) is 0. The lowest BCUT2D eigenvalue weighted by Crippen LogP contribution is -2.51. The second-order valence-electron chi connectivity index (χ2n) is 6.24. The molecule has 2 fully saturated rings. The Hall–Kier alpha value is -0.870. The Morgan fingerprint density at radius 2 is 2.28 bits per heavy atom. The van der Waals surface area contributed by atoms with Crippen LogP contribution < -0.4 is 5.32 Å². The zero-order valence-electron chi connectivity index (χ0n) is 11.5. The number of aromatic nitrogens is 2. The maximum Gasteiger partial charge on any atom is 0.0951 e. The van der Waals surface area contributed by atoms with Crippen LogP contribution in [0.4, 0.5) is 0 Å². The number of nitrogens with one attached hydrogen (secondary N) is 1. The molecule has 18 heavy (non-hydrogen) atoms. The minimum absolute atomic E-state index is 0.198. The number of nitrogens with zero attached hydrogens (tertiary/aromatic N) is 2. The Bertz CT molecular complexity index is 422. The molecular weight excluding hydrogens is 226 g/mol. The molecule has 0 radical (unpaired) electrons. The number of hydrogen-bond donors (Lipinski definition) is 1. The van der Waals surface area contributed by atoms with E-state index in [0.29, 0.717) is 12.1 Å². The molecule has 2 aliphatic rings. The summed E-state index contributed by atoms with van der Waals surface area (Å²) in [5.41, 5.74) is 1.50. The molecule has 0 aliphatic heterocycles. The molecule has 4 heteroatoms. The van der Waals surface area contributed by atoms with Crippen molar-refractivity contribution in [3.8, 4) is 0 Å². The van der Waals surface area contributed by atoms with Crippen LogP contribution in [-0.2, 0) is 11.3 Å². The van der Waals surface area contributed by atoms with Crippen LogP contribution in [0.5, 0.6) is 0 Å². The van der Waals surface area contributed by atoms with Gasteiger partial charge in [0.1, 0.15) is 0 Å². The Balaban J connectivity index is 1.70. The molecule has 4 nitrogen and oxygen atoms in total. The minimum atomic E-state index is 0.198. The normalized spacial score (nSPS) is 30.2. The van der Waals surface area contributed by atoms with Gasteiger partial charge in [-0.25, -0.2) is 4.98 Å². The smallest absolute Gasteiger partial charge is 0.0951 e. The van der Waals surface area contributed by atoms with E-state index in [4.69, 9.17) is 4.74 Å². The van der Waals surface area contributed by atoms with Crippen LogP contribution in [0.1, 0.15) is 44.8 Å². The molecule has 2 atom stereocenters. The highest BCUT2D eigenvalue weighted by atomic mass is 16.5. The van der Waals surface area contributed by atoms with Crippen LogP contribution in [0.2, 0.25) is 0 Å². The quantitative estimate of drug-likeness (QED) is 0.869. The van der Waals surface area contributed by atoms with Crippen molar-refractivity contribution in [1.82, 2.24) is 14.9 Å².